The lowest BCUT2D eigenvalue weighted by atomic mass is 9.95. The molecule has 17 heteroatoms. The lowest BCUT2D eigenvalue weighted by molar-refractivity contribution is -0.146. The van der Waals surface area contributed by atoms with Crippen LogP contribution in [0.25, 0.3) is 0 Å². The van der Waals surface area contributed by atoms with E-state index in [1.54, 1.807) is 6.92 Å². The molecular weight excluding hydrogens is 1470 g/mol. The van der Waals surface area contributed by atoms with E-state index in [4.69, 9.17) is 33.2 Å². The van der Waals surface area contributed by atoms with Gasteiger partial charge in [0.2, 0.25) is 0 Å². The molecule has 0 aromatic heterocycles. The van der Waals surface area contributed by atoms with Crippen molar-refractivity contribution in [3.63, 3.8) is 0 Å². The summed E-state index contributed by atoms with van der Waals surface area (Å²) in [7, 11) is 0. The Morgan fingerprint density at radius 1 is 0.222 bits per heavy atom. The molecule has 117 heavy (non-hydrogen) atoms. The average Bonchev–Trinajstić information content (AvgIpc) is 0.960. The van der Waals surface area contributed by atoms with Crippen molar-refractivity contribution in [2.24, 2.45) is 11.8 Å². The van der Waals surface area contributed by atoms with E-state index in [2.05, 4.69) is 110 Å². The molecule has 0 amide bonds. The van der Waals surface area contributed by atoms with Gasteiger partial charge in [-0.2, -0.15) is 0 Å². The van der Waals surface area contributed by atoms with Gasteiger partial charge >= 0.3 is 30.2 Å². The third-order valence-corrected chi connectivity index (χ3v) is 23.3. The van der Waals surface area contributed by atoms with E-state index in [0.717, 1.165) is 226 Å². The Morgan fingerprint density at radius 3 is 0.752 bits per heavy atom. The van der Waals surface area contributed by atoms with Gasteiger partial charge in [-0.15, -0.1) is 0 Å². The van der Waals surface area contributed by atoms with E-state index in [1.807, 2.05) is 0 Å². The number of unbranched alkanes of at least 4 members (excludes halogenated alkanes) is 36. The molecule has 17 nitrogen and oxygen atoms in total. The number of carbonyl (C=O) groups is 6. The van der Waals surface area contributed by atoms with Crippen LogP contribution in [0.2, 0.25) is 0 Å². The summed E-state index contributed by atoms with van der Waals surface area (Å²) in [4.78, 5) is 82.4. The topological polar surface area (TPSA) is 180 Å². The van der Waals surface area contributed by atoms with Crippen molar-refractivity contribution in [1.82, 2.24) is 19.6 Å². The highest BCUT2D eigenvalue weighted by molar-refractivity contribution is 5.75. The van der Waals surface area contributed by atoms with E-state index in [0.29, 0.717) is 76.4 Å². The number of ketones is 1. The predicted molar refractivity (Wildman–Crippen MR) is 495 cm³/mol. The first-order chi connectivity index (χ1) is 57.0. The maximum absolute atomic E-state index is 12.8. The lowest BCUT2D eigenvalue weighted by Gasteiger charge is -2.26. The molecule has 0 spiro atoms. The highest BCUT2D eigenvalue weighted by Gasteiger charge is 2.21. The van der Waals surface area contributed by atoms with Gasteiger partial charge in [-0.25, -0.2) is 9.59 Å². The van der Waals surface area contributed by atoms with Gasteiger partial charge in [0.1, 0.15) is 37.8 Å². The van der Waals surface area contributed by atoms with Crippen LogP contribution in [0.15, 0.2) is 0 Å². The van der Waals surface area contributed by atoms with E-state index in [-0.39, 0.29) is 36.7 Å². The molecule has 0 saturated carbocycles. The minimum Gasteiger partial charge on any atom is -0.465 e. The highest BCUT2D eigenvalue weighted by Crippen LogP contribution is 2.24. The van der Waals surface area contributed by atoms with E-state index in [1.165, 1.54) is 199 Å². The van der Waals surface area contributed by atoms with Gasteiger partial charge in [0.25, 0.3) is 0 Å². The van der Waals surface area contributed by atoms with Crippen LogP contribution in [0.3, 0.4) is 0 Å². The highest BCUT2D eigenvalue weighted by atomic mass is 16.7. The van der Waals surface area contributed by atoms with Crippen molar-refractivity contribution in [2.75, 3.05) is 112 Å². The summed E-state index contributed by atoms with van der Waals surface area (Å²) >= 11 is 0. The minimum absolute atomic E-state index is 0.0100. The van der Waals surface area contributed by atoms with Gasteiger partial charge < -0.3 is 47.8 Å². The molecule has 0 N–H and O–H groups in total. The average molecular weight is 1660 g/mol. The van der Waals surface area contributed by atoms with Gasteiger partial charge in [-0.3, -0.25) is 24.2 Å². The van der Waals surface area contributed by atoms with Crippen LogP contribution >= 0.6 is 0 Å². The predicted octanol–water partition coefficient (Wildman–Crippen LogP) is 27.9. The number of hydrogen-bond donors (Lipinski definition) is 0. The van der Waals surface area contributed by atoms with Crippen molar-refractivity contribution < 1.29 is 61.9 Å². The van der Waals surface area contributed by atoms with Crippen LogP contribution in [-0.4, -0.2) is 179 Å². The molecule has 0 saturated heterocycles. The smallest absolute Gasteiger partial charge is 0.465 e. The summed E-state index contributed by atoms with van der Waals surface area (Å²) in [5, 5.41) is 0. The number of nitrogens with zero attached hydrogens (tertiary/aromatic N) is 4. The summed E-state index contributed by atoms with van der Waals surface area (Å²) in [5.41, 5.74) is 0. The van der Waals surface area contributed by atoms with Crippen LogP contribution in [0.4, 0.5) is 9.59 Å². The monoisotopic (exact) mass is 1660 g/mol. The Balaban J connectivity index is -0.00000204. The van der Waals surface area contributed by atoms with E-state index < -0.39 is 12.3 Å². The normalized spacial score (nSPS) is 12.4. The van der Waals surface area contributed by atoms with Crippen molar-refractivity contribution in [2.45, 2.75) is 488 Å². The molecule has 0 aromatic rings. The number of carbonyl (C=O) groups excluding carboxylic acids is 6. The molecule has 0 aromatic carbocycles. The SMILES string of the molecule is CCCCCC(C)=O.CCCCCCCCC(CCCCCC)COC(=O)CCCCCCCCC(CCCCCC)OC(=O)OCCN(CCC)CCN(CC)CC.CCCCCCCCC(CCCCCC)COC(=O)CCCCCCCCC(CCCCCC)OC(=O)OCCN(CCOC(=O)CCCCC)CCN(CC)CC. The van der Waals surface area contributed by atoms with Crippen LogP contribution in [-0.2, 0) is 52.3 Å². The zero-order chi connectivity index (χ0) is 86.8. The van der Waals surface area contributed by atoms with Crippen LogP contribution < -0.4 is 0 Å². The molecule has 0 radical (unpaired) electrons. The largest absolute Gasteiger partial charge is 0.508 e. The standard InChI is InChI=1S/C49H96N2O7.C44H88N2O5.C7H14O/c1-7-13-17-20-23-28-33-45(32-27-18-14-8-2)44-57-48(53)37-31-25-22-21-24-30-35-46(34-29-19-15-9-3)58-49(54)56-43-41-51(39-38-50(11-5)12-6)40-42-55-47(52)36-26-16-10-4;1-7-13-16-19-22-26-31-41(30-25-17-14-8-2)40-50-43(47)34-29-24-21-20-23-28-33-42(32-27-18-15-9-3)51-44(48)49-39-38-46(35-10-4)37-36-45(11-5)12-6;1-3-4-5-6-7(2)8/h45-46H,7-44H2,1-6H3;41-42H,7-40H2,1-6H3;3-6H2,1-2H3. The molecule has 0 aliphatic rings. The third-order valence-electron chi connectivity index (χ3n) is 23.3. The van der Waals surface area contributed by atoms with E-state index in [9.17, 15) is 28.8 Å². The first kappa shape index (κ1) is 118. The summed E-state index contributed by atoms with van der Waals surface area (Å²) in [6.07, 6.45) is 64.9. The molecule has 0 fully saturated rings. The Hall–Kier alpha value is -3.54. The summed E-state index contributed by atoms with van der Waals surface area (Å²) < 4.78 is 40.0. The third kappa shape index (κ3) is 87.2. The summed E-state index contributed by atoms with van der Waals surface area (Å²) in [6, 6.07) is 0. The Bertz CT molecular complexity index is 2100. The van der Waals surface area contributed by atoms with Gasteiger partial charge in [-0.05, 0) is 161 Å². The molecule has 0 aliphatic heterocycles. The van der Waals surface area contributed by atoms with Gasteiger partial charge in [0.05, 0.1) is 13.2 Å². The van der Waals surface area contributed by atoms with Crippen molar-refractivity contribution in [1.29, 1.82) is 0 Å². The van der Waals surface area contributed by atoms with Crippen LogP contribution in [0.5, 0.6) is 0 Å². The molecule has 4 atom stereocenters. The van der Waals surface area contributed by atoms with Gasteiger partial charge in [0, 0.05) is 71.5 Å². The fourth-order valence-corrected chi connectivity index (χ4v) is 15.1. The molecule has 0 rings (SSSR count). The minimum atomic E-state index is -0.580. The van der Waals surface area contributed by atoms with Crippen molar-refractivity contribution in [3.8, 4) is 0 Å². The molecule has 0 bridgehead atoms. The van der Waals surface area contributed by atoms with Gasteiger partial charge in [-0.1, -0.05) is 334 Å². The van der Waals surface area contributed by atoms with Crippen molar-refractivity contribution in [3.05, 3.63) is 0 Å². The Kier molecular flexibility index (Phi) is 95.2. The maximum atomic E-state index is 12.8. The molecule has 4 unspecified atom stereocenters. The fraction of sp³-hybridized carbons (Fsp3) is 0.940. The number of rotatable bonds is 87. The summed E-state index contributed by atoms with van der Waals surface area (Å²) in [6.45, 7) is 43.3. The zero-order valence-corrected chi connectivity index (χ0v) is 80.1. The first-order valence-corrected chi connectivity index (χ1v) is 50.6. The number of likely N-dealkylation sites (N-methyl/N-ethyl adjacent to an activating group) is 2. The number of hydrogen-bond acceptors (Lipinski definition) is 17. The second kappa shape index (κ2) is 94.7. The molecule has 0 aliphatic carbocycles. The van der Waals surface area contributed by atoms with Crippen LogP contribution in [0.1, 0.15) is 476 Å². The second-order valence-corrected chi connectivity index (χ2v) is 34.2. The summed E-state index contributed by atoms with van der Waals surface area (Å²) in [5.74, 6) is 1.19. The molecule has 0 heterocycles. The second-order valence-electron chi connectivity index (χ2n) is 34.2. The maximum Gasteiger partial charge on any atom is 0.508 e. The van der Waals surface area contributed by atoms with Gasteiger partial charge in [0.15, 0.2) is 0 Å². The number of ether oxygens (including phenoxy) is 7. The lowest BCUT2D eigenvalue weighted by Crippen LogP contribution is -2.39. The zero-order valence-electron chi connectivity index (χ0n) is 80.1. The molecule has 696 valence electrons. The Labute approximate surface area is 725 Å². The first-order valence-electron chi connectivity index (χ1n) is 50.6. The van der Waals surface area contributed by atoms with Crippen molar-refractivity contribution >= 4 is 36.0 Å². The van der Waals surface area contributed by atoms with E-state index >= 15 is 0 Å². The fourth-order valence-electron chi connectivity index (χ4n) is 15.1. The molecular formula is C100H198N4O13. The Morgan fingerprint density at radius 2 is 0.453 bits per heavy atom. The van der Waals surface area contributed by atoms with Crippen LogP contribution in [0, 0.1) is 11.8 Å². The number of esters is 3. The number of Topliss-reactive ketones (excluding diaryl/α,β-unsaturated/α-hetero) is 1. The quantitative estimate of drug-likeness (QED) is 0.0318.